The number of nitrogens with zero attached hydrogens (tertiary/aromatic N) is 4. The first-order valence-corrected chi connectivity index (χ1v) is 10.9. The van der Waals surface area contributed by atoms with E-state index in [2.05, 4.69) is 25.4 Å². The van der Waals surface area contributed by atoms with Gasteiger partial charge in [0.25, 0.3) is 5.91 Å². The summed E-state index contributed by atoms with van der Waals surface area (Å²) in [6, 6.07) is 11.1. The number of pyridine rings is 1. The molecule has 0 spiro atoms. The molecule has 1 fully saturated rings. The molecule has 1 saturated heterocycles. The van der Waals surface area contributed by atoms with E-state index in [1.165, 1.54) is 0 Å². The van der Waals surface area contributed by atoms with Gasteiger partial charge >= 0.3 is 0 Å². The van der Waals surface area contributed by atoms with E-state index in [0.717, 1.165) is 50.6 Å². The number of piperazine rings is 1. The smallest absolute Gasteiger partial charge is 0.256 e. The summed E-state index contributed by atoms with van der Waals surface area (Å²) >= 11 is 0. The first-order chi connectivity index (χ1) is 15.5. The van der Waals surface area contributed by atoms with Gasteiger partial charge < -0.3 is 20.3 Å². The van der Waals surface area contributed by atoms with E-state index in [1.807, 2.05) is 36.2 Å². The average molecular weight is 439 g/mol. The number of fused-ring (bicyclic) bond motifs is 1. The molecule has 9 nitrogen and oxygen atoms in total. The lowest BCUT2D eigenvalue weighted by Crippen LogP contribution is -2.49. The van der Waals surface area contributed by atoms with Gasteiger partial charge in [-0.25, -0.2) is 4.98 Å². The molecule has 1 atom stereocenters. The third-order valence-electron chi connectivity index (χ3n) is 5.97. The lowest BCUT2D eigenvalue weighted by atomic mass is 10.1. The second-order valence-electron chi connectivity index (χ2n) is 8.14. The molecule has 2 aromatic rings. The molecule has 1 unspecified atom stereocenters. The number of carbonyl (C=O) groups excluding carboxylic acids is 2. The Labute approximate surface area is 188 Å². The van der Waals surface area contributed by atoms with Gasteiger partial charge in [-0.15, -0.1) is 0 Å². The number of methoxy groups -OCH3 is 1. The Morgan fingerprint density at radius 1 is 1.16 bits per heavy atom. The summed E-state index contributed by atoms with van der Waals surface area (Å²) < 4.78 is 5.13. The number of benzene rings is 1. The Kier molecular flexibility index (Phi) is 6.99. The monoisotopic (exact) mass is 438 g/mol. The van der Waals surface area contributed by atoms with Crippen molar-refractivity contribution in [1.29, 1.82) is 0 Å². The number of nitrogens with one attached hydrogen (secondary N) is 2. The number of ether oxygens (including phenoxy) is 1. The Balaban J connectivity index is 1.31. The molecule has 2 N–H and O–H groups in total. The predicted molar refractivity (Wildman–Crippen MR) is 123 cm³/mol. The van der Waals surface area contributed by atoms with Crippen LogP contribution in [-0.4, -0.2) is 86.6 Å². The molecular weight excluding hydrogens is 408 g/mol. The van der Waals surface area contributed by atoms with E-state index >= 15 is 0 Å². The molecule has 32 heavy (non-hydrogen) atoms. The summed E-state index contributed by atoms with van der Waals surface area (Å²) in [6.45, 7) is 5.69. The van der Waals surface area contributed by atoms with Crippen molar-refractivity contribution in [3.8, 4) is 0 Å². The number of amides is 2. The number of rotatable bonds is 7. The molecular formula is C23H30N6O3. The highest BCUT2D eigenvalue weighted by Gasteiger charge is 2.30. The van der Waals surface area contributed by atoms with Crippen molar-refractivity contribution in [2.75, 3.05) is 70.2 Å². The number of hydrogen-bond acceptors (Lipinski definition) is 7. The van der Waals surface area contributed by atoms with Crippen molar-refractivity contribution in [2.24, 2.45) is 0 Å². The fourth-order valence-corrected chi connectivity index (χ4v) is 4.13. The normalized spacial score (nSPS) is 19.4. The van der Waals surface area contributed by atoms with E-state index < -0.39 is 0 Å². The molecule has 0 aliphatic carbocycles. The molecule has 2 aliphatic heterocycles. The van der Waals surface area contributed by atoms with Gasteiger partial charge in [-0.2, -0.15) is 0 Å². The lowest BCUT2D eigenvalue weighted by molar-refractivity contribution is -0.117. The zero-order valence-corrected chi connectivity index (χ0v) is 18.6. The molecule has 2 amide bonds. The zero-order valence-electron chi connectivity index (χ0n) is 18.6. The number of anilines is 2. The van der Waals surface area contributed by atoms with Crippen molar-refractivity contribution >= 4 is 23.3 Å². The fourth-order valence-electron chi connectivity index (χ4n) is 4.13. The maximum Gasteiger partial charge on any atom is 0.256 e. The highest BCUT2D eigenvalue weighted by atomic mass is 16.5. The highest BCUT2D eigenvalue weighted by molar-refractivity contribution is 6.01. The standard InChI is InChI=1S/C23H30N6O3/c1-27-21(26-23(31)19-4-3-9-24-22(19)27)17-5-7-18(8-6-17)25-20(30)16-29-12-10-28(11-13-29)14-15-32-2/h3-9,21H,10-16H2,1-2H3,(H,25,30)(H,26,31). The van der Waals surface area contributed by atoms with Crippen LogP contribution in [0.15, 0.2) is 42.6 Å². The molecule has 1 aromatic carbocycles. The van der Waals surface area contributed by atoms with E-state index in [0.29, 0.717) is 17.9 Å². The second kappa shape index (κ2) is 10.1. The molecule has 1 aromatic heterocycles. The first-order valence-electron chi connectivity index (χ1n) is 10.9. The van der Waals surface area contributed by atoms with Crippen LogP contribution in [-0.2, 0) is 9.53 Å². The van der Waals surface area contributed by atoms with E-state index in [9.17, 15) is 9.59 Å². The van der Waals surface area contributed by atoms with Crippen molar-refractivity contribution in [3.63, 3.8) is 0 Å². The minimum Gasteiger partial charge on any atom is -0.383 e. The van der Waals surface area contributed by atoms with E-state index in [1.54, 1.807) is 25.4 Å². The molecule has 0 saturated carbocycles. The van der Waals surface area contributed by atoms with Gasteiger partial charge in [0.1, 0.15) is 12.0 Å². The fraction of sp³-hybridized carbons (Fsp3) is 0.435. The van der Waals surface area contributed by atoms with Crippen LogP contribution in [0.2, 0.25) is 0 Å². The maximum atomic E-state index is 12.5. The average Bonchev–Trinajstić information content (AvgIpc) is 2.81. The van der Waals surface area contributed by atoms with E-state index in [-0.39, 0.29) is 18.0 Å². The van der Waals surface area contributed by atoms with Gasteiger partial charge in [0.15, 0.2) is 0 Å². The van der Waals surface area contributed by atoms with Crippen molar-refractivity contribution < 1.29 is 14.3 Å². The van der Waals surface area contributed by atoms with Gasteiger partial charge in [0, 0.05) is 58.8 Å². The van der Waals surface area contributed by atoms with Gasteiger partial charge in [0.05, 0.1) is 18.7 Å². The molecule has 4 rings (SSSR count). The predicted octanol–water partition coefficient (Wildman–Crippen LogP) is 1.16. The van der Waals surface area contributed by atoms with Crippen molar-refractivity contribution in [1.82, 2.24) is 20.1 Å². The molecule has 3 heterocycles. The van der Waals surface area contributed by atoms with Crippen molar-refractivity contribution in [3.05, 3.63) is 53.7 Å². The van der Waals surface area contributed by atoms with Gasteiger partial charge in [-0.3, -0.25) is 19.4 Å². The van der Waals surface area contributed by atoms with Crippen LogP contribution in [0.1, 0.15) is 22.1 Å². The minimum atomic E-state index is -0.316. The minimum absolute atomic E-state index is 0.0238. The van der Waals surface area contributed by atoms with Crippen LogP contribution < -0.4 is 15.5 Å². The van der Waals surface area contributed by atoms with Crippen LogP contribution in [0.3, 0.4) is 0 Å². The largest absolute Gasteiger partial charge is 0.383 e. The van der Waals surface area contributed by atoms with E-state index in [4.69, 9.17) is 4.74 Å². The van der Waals surface area contributed by atoms with Crippen LogP contribution in [0, 0.1) is 0 Å². The Morgan fingerprint density at radius 2 is 1.88 bits per heavy atom. The summed E-state index contributed by atoms with van der Waals surface area (Å²) in [5.41, 5.74) is 2.22. The summed E-state index contributed by atoms with van der Waals surface area (Å²) in [4.78, 5) is 35.7. The number of carbonyl (C=O) groups is 2. The zero-order chi connectivity index (χ0) is 22.5. The molecule has 0 bridgehead atoms. The summed E-state index contributed by atoms with van der Waals surface area (Å²) in [7, 11) is 3.62. The van der Waals surface area contributed by atoms with Crippen LogP contribution >= 0.6 is 0 Å². The van der Waals surface area contributed by atoms with Gasteiger partial charge in [0.2, 0.25) is 5.91 Å². The third kappa shape index (κ3) is 5.07. The topological polar surface area (TPSA) is 90.0 Å². The maximum absolute atomic E-state index is 12.5. The quantitative estimate of drug-likeness (QED) is 0.671. The molecule has 170 valence electrons. The second-order valence-corrected chi connectivity index (χ2v) is 8.14. The first kappa shape index (κ1) is 22.2. The van der Waals surface area contributed by atoms with Crippen molar-refractivity contribution in [2.45, 2.75) is 6.17 Å². The molecule has 9 heteroatoms. The van der Waals surface area contributed by atoms with Crippen LogP contribution in [0.25, 0.3) is 0 Å². The molecule has 2 aliphatic rings. The lowest BCUT2D eigenvalue weighted by Gasteiger charge is -2.35. The van der Waals surface area contributed by atoms with Gasteiger partial charge in [-0.05, 0) is 29.8 Å². The Bertz CT molecular complexity index is 943. The number of aromatic nitrogens is 1. The Hall–Kier alpha value is -3.01. The summed E-state index contributed by atoms with van der Waals surface area (Å²) in [5.74, 6) is 0.487. The highest BCUT2D eigenvalue weighted by Crippen LogP contribution is 2.30. The Morgan fingerprint density at radius 3 is 2.59 bits per heavy atom. The van der Waals surface area contributed by atoms with Crippen LogP contribution in [0.4, 0.5) is 11.5 Å². The third-order valence-corrected chi connectivity index (χ3v) is 5.97. The van der Waals surface area contributed by atoms with Crippen LogP contribution in [0.5, 0.6) is 0 Å². The number of hydrogen-bond donors (Lipinski definition) is 2. The molecule has 0 radical (unpaired) electrons. The summed E-state index contributed by atoms with van der Waals surface area (Å²) in [6.07, 6.45) is 1.37. The van der Waals surface area contributed by atoms with Gasteiger partial charge in [-0.1, -0.05) is 12.1 Å². The summed E-state index contributed by atoms with van der Waals surface area (Å²) in [5, 5.41) is 5.98. The SMILES string of the molecule is COCCN1CCN(CC(=O)Nc2ccc(C3NC(=O)c4cccnc4N3C)cc2)CC1.